The summed E-state index contributed by atoms with van der Waals surface area (Å²) in [4.78, 5) is 18.9. The largest absolute Gasteiger partial charge is 0.296 e. The van der Waals surface area contributed by atoms with Crippen LogP contribution >= 0.6 is 11.3 Å². The zero-order valence-electron chi connectivity index (χ0n) is 14.7. The Kier molecular flexibility index (Phi) is 3.66. The number of aryl methyl sites for hydroxylation is 1. The molecule has 0 aliphatic heterocycles. The predicted molar refractivity (Wildman–Crippen MR) is 112 cm³/mol. The molecule has 130 valence electrons. The van der Waals surface area contributed by atoms with Crippen molar-refractivity contribution in [2.75, 3.05) is 0 Å². The molecule has 5 aromatic rings. The highest BCUT2D eigenvalue weighted by Crippen LogP contribution is 2.36. The quantitative estimate of drug-likeness (QED) is 0.366. The first kappa shape index (κ1) is 16.0. The van der Waals surface area contributed by atoms with Crippen LogP contribution in [0.3, 0.4) is 0 Å². The van der Waals surface area contributed by atoms with E-state index in [4.69, 9.17) is 4.98 Å². The minimum Gasteiger partial charge on any atom is -0.296 e. The fourth-order valence-electron chi connectivity index (χ4n) is 3.63. The van der Waals surface area contributed by atoms with Crippen LogP contribution in [0.15, 0.2) is 72.8 Å². The minimum atomic E-state index is 0.600. The van der Waals surface area contributed by atoms with Gasteiger partial charge in [0.15, 0.2) is 11.2 Å². The Morgan fingerprint density at radius 1 is 0.889 bits per heavy atom. The lowest BCUT2D eigenvalue weighted by Crippen LogP contribution is -1.95. The van der Waals surface area contributed by atoms with Crippen molar-refractivity contribution in [1.29, 1.82) is 0 Å². The standard InChI is InChI=1S/C23H16N2OS/c1-15-22(17-8-3-2-4-9-17)25-20(14-26)21(24-23(25)27-15)19-12-11-16-7-5-6-10-18(16)13-19/h2-14H,1H3. The lowest BCUT2D eigenvalue weighted by atomic mass is 10.0. The lowest BCUT2D eigenvalue weighted by molar-refractivity contribution is 0.111. The number of carbonyl (C=O) groups is 1. The lowest BCUT2D eigenvalue weighted by Gasteiger charge is -2.05. The smallest absolute Gasteiger partial charge is 0.195 e. The van der Waals surface area contributed by atoms with E-state index in [1.165, 1.54) is 5.39 Å². The Balaban J connectivity index is 1.78. The number of hydrogen-bond acceptors (Lipinski definition) is 3. The maximum atomic E-state index is 12.1. The fraction of sp³-hybridized carbons (Fsp3) is 0.0435. The van der Waals surface area contributed by atoms with Crippen LogP contribution in [0.25, 0.3) is 38.2 Å². The summed E-state index contributed by atoms with van der Waals surface area (Å²) < 4.78 is 1.99. The second-order valence-corrected chi connectivity index (χ2v) is 7.70. The van der Waals surface area contributed by atoms with Gasteiger partial charge in [0.05, 0.1) is 5.69 Å². The summed E-state index contributed by atoms with van der Waals surface area (Å²) in [6, 6.07) is 24.6. The first-order valence-corrected chi connectivity index (χ1v) is 9.59. The highest BCUT2D eigenvalue weighted by atomic mass is 32.1. The van der Waals surface area contributed by atoms with Gasteiger partial charge < -0.3 is 0 Å². The van der Waals surface area contributed by atoms with Crippen molar-refractivity contribution in [2.45, 2.75) is 6.92 Å². The maximum Gasteiger partial charge on any atom is 0.195 e. The molecule has 0 amide bonds. The molecule has 3 nitrogen and oxygen atoms in total. The normalized spacial score (nSPS) is 11.3. The first-order chi connectivity index (χ1) is 13.3. The summed E-state index contributed by atoms with van der Waals surface area (Å²) in [6.45, 7) is 2.08. The molecule has 2 aromatic heterocycles. The Morgan fingerprint density at radius 3 is 2.41 bits per heavy atom. The summed E-state index contributed by atoms with van der Waals surface area (Å²) in [5, 5.41) is 2.32. The number of aromatic nitrogens is 2. The maximum absolute atomic E-state index is 12.1. The third-order valence-electron chi connectivity index (χ3n) is 4.87. The van der Waals surface area contributed by atoms with E-state index in [0.29, 0.717) is 5.69 Å². The van der Waals surface area contributed by atoms with Crippen molar-refractivity contribution in [3.63, 3.8) is 0 Å². The van der Waals surface area contributed by atoms with E-state index >= 15 is 0 Å². The number of aldehydes is 1. The highest BCUT2D eigenvalue weighted by Gasteiger charge is 2.20. The second kappa shape index (κ2) is 6.18. The number of hydrogen-bond donors (Lipinski definition) is 0. The number of rotatable bonds is 3. The average molecular weight is 368 g/mol. The van der Waals surface area contributed by atoms with Gasteiger partial charge in [0.25, 0.3) is 0 Å². The number of thiazole rings is 1. The molecular weight excluding hydrogens is 352 g/mol. The van der Waals surface area contributed by atoms with Crippen LogP contribution in [0.5, 0.6) is 0 Å². The molecule has 0 N–H and O–H groups in total. The third-order valence-corrected chi connectivity index (χ3v) is 5.82. The van der Waals surface area contributed by atoms with E-state index in [0.717, 1.165) is 44.0 Å². The molecule has 0 saturated carbocycles. The number of fused-ring (bicyclic) bond motifs is 2. The van der Waals surface area contributed by atoms with Crippen molar-refractivity contribution in [1.82, 2.24) is 9.38 Å². The predicted octanol–water partition coefficient (Wildman–Crippen LogP) is 6.00. The van der Waals surface area contributed by atoms with E-state index in [2.05, 4.69) is 43.3 Å². The topological polar surface area (TPSA) is 34.4 Å². The summed E-state index contributed by atoms with van der Waals surface area (Å²) >= 11 is 1.62. The third kappa shape index (κ3) is 2.49. The van der Waals surface area contributed by atoms with E-state index in [1.54, 1.807) is 11.3 Å². The first-order valence-electron chi connectivity index (χ1n) is 8.78. The van der Waals surface area contributed by atoms with E-state index in [-0.39, 0.29) is 0 Å². The van der Waals surface area contributed by atoms with Gasteiger partial charge in [-0.05, 0) is 29.3 Å². The fourth-order valence-corrected chi connectivity index (χ4v) is 4.62. The molecule has 0 bridgehead atoms. The van der Waals surface area contributed by atoms with Crippen LogP contribution in [0, 0.1) is 6.92 Å². The molecule has 0 unspecified atom stereocenters. The van der Waals surface area contributed by atoms with Gasteiger partial charge in [-0.1, -0.05) is 66.7 Å². The number of nitrogens with zero attached hydrogens (tertiary/aromatic N) is 2. The summed E-state index contributed by atoms with van der Waals surface area (Å²) in [7, 11) is 0. The van der Waals surface area contributed by atoms with Crippen LogP contribution in [0.2, 0.25) is 0 Å². The molecule has 5 rings (SSSR count). The summed E-state index contributed by atoms with van der Waals surface area (Å²) in [6.07, 6.45) is 0.920. The molecule has 0 fully saturated rings. The molecule has 0 aliphatic rings. The summed E-state index contributed by atoms with van der Waals surface area (Å²) in [5.74, 6) is 0. The van der Waals surface area contributed by atoms with Crippen LogP contribution < -0.4 is 0 Å². The molecule has 27 heavy (non-hydrogen) atoms. The molecule has 3 aromatic carbocycles. The molecule has 0 atom stereocenters. The van der Waals surface area contributed by atoms with Crippen LogP contribution in [0.1, 0.15) is 15.4 Å². The van der Waals surface area contributed by atoms with E-state index in [1.807, 2.05) is 40.8 Å². The van der Waals surface area contributed by atoms with Crippen molar-refractivity contribution in [3.05, 3.63) is 83.4 Å². The Bertz CT molecular complexity index is 1300. The average Bonchev–Trinajstić information content (AvgIpc) is 3.22. The van der Waals surface area contributed by atoms with Crippen LogP contribution in [-0.4, -0.2) is 15.7 Å². The van der Waals surface area contributed by atoms with Gasteiger partial charge in [-0.3, -0.25) is 9.20 Å². The molecule has 2 heterocycles. The SMILES string of the molecule is Cc1sc2nc(-c3ccc4ccccc4c3)c(C=O)n2c1-c1ccccc1. The molecule has 0 radical (unpaired) electrons. The molecule has 4 heteroatoms. The zero-order chi connectivity index (χ0) is 18.4. The molecule has 0 saturated heterocycles. The van der Waals surface area contributed by atoms with Gasteiger partial charge in [0.2, 0.25) is 0 Å². The van der Waals surface area contributed by atoms with Gasteiger partial charge in [-0.2, -0.15) is 0 Å². The second-order valence-electron chi connectivity index (χ2n) is 6.52. The van der Waals surface area contributed by atoms with Crippen LogP contribution in [0.4, 0.5) is 0 Å². The monoisotopic (exact) mass is 368 g/mol. The van der Waals surface area contributed by atoms with Gasteiger partial charge in [-0.15, -0.1) is 11.3 Å². The van der Waals surface area contributed by atoms with Crippen molar-refractivity contribution in [2.24, 2.45) is 0 Å². The molecule has 0 spiro atoms. The highest BCUT2D eigenvalue weighted by molar-refractivity contribution is 7.17. The van der Waals surface area contributed by atoms with Crippen LogP contribution in [-0.2, 0) is 0 Å². The van der Waals surface area contributed by atoms with Gasteiger partial charge in [0.1, 0.15) is 11.4 Å². The number of imidazole rings is 1. The number of carbonyl (C=O) groups excluding carboxylic acids is 1. The number of benzene rings is 3. The summed E-state index contributed by atoms with van der Waals surface area (Å²) in [5.41, 5.74) is 4.43. The molecule has 0 aliphatic carbocycles. The zero-order valence-corrected chi connectivity index (χ0v) is 15.5. The van der Waals surface area contributed by atoms with Gasteiger partial charge in [-0.25, -0.2) is 4.98 Å². The van der Waals surface area contributed by atoms with Crippen molar-refractivity contribution in [3.8, 4) is 22.5 Å². The Labute approximate surface area is 160 Å². The van der Waals surface area contributed by atoms with Crippen molar-refractivity contribution < 1.29 is 4.79 Å². The Hall–Kier alpha value is -3.24. The van der Waals surface area contributed by atoms with E-state index < -0.39 is 0 Å². The Morgan fingerprint density at radius 2 is 1.63 bits per heavy atom. The van der Waals surface area contributed by atoms with Gasteiger partial charge in [0, 0.05) is 10.4 Å². The minimum absolute atomic E-state index is 0.600. The van der Waals surface area contributed by atoms with E-state index in [9.17, 15) is 4.79 Å². The van der Waals surface area contributed by atoms with Crippen molar-refractivity contribution >= 4 is 33.4 Å². The van der Waals surface area contributed by atoms with Gasteiger partial charge >= 0.3 is 0 Å². The molecular formula is C23H16N2OS.